The molecule has 0 amide bonds. The molecular weight excluding hydrogens is 308 g/mol. The van der Waals surface area contributed by atoms with E-state index in [0.717, 1.165) is 18.6 Å². The van der Waals surface area contributed by atoms with Gasteiger partial charge in [-0.2, -0.15) is 0 Å². The molecule has 0 fully saturated rings. The van der Waals surface area contributed by atoms with Crippen LogP contribution in [0.25, 0.3) is 0 Å². The van der Waals surface area contributed by atoms with Crippen molar-refractivity contribution in [3.05, 3.63) is 35.4 Å². The molecule has 0 aliphatic rings. The van der Waals surface area contributed by atoms with Gasteiger partial charge in [-0.25, -0.2) is 4.79 Å². The standard InChI is InChI=1S/C18H30O4Si/c1-14(11-12-22-23(5,6)18(2,3)4)21-13-15-7-9-16(10-8-15)17(19)20/h7-10,14H,11-13H2,1-6H3,(H,19,20). The number of benzene rings is 1. The normalized spacial score (nSPS) is 13.8. The number of hydrogen-bond donors (Lipinski definition) is 1. The lowest BCUT2D eigenvalue weighted by Gasteiger charge is -2.36. The highest BCUT2D eigenvalue weighted by Gasteiger charge is 2.36. The van der Waals surface area contributed by atoms with Crippen LogP contribution in [0.4, 0.5) is 0 Å². The second-order valence-electron chi connectivity index (χ2n) is 7.52. The smallest absolute Gasteiger partial charge is 0.335 e. The highest BCUT2D eigenvalue weighted by molar-refractivity contribution is 6.74. The third kappa shape index (κ3) is 6.45. The Morgan fingerprint density at radius 1 is 1.22 bits per heavy atom. The van der Waals surface area contributed by atoms with Crippen molar-refractivity contribution in [3.8, 4) is 0 Å². The molecule has 0 bridgehead atoms. The van der Waals surface area contributed by atoms with Crippen molar-refractivity contribution in [1.29, 1.82) is 0 Å². The molecule has 1 aromatic carbocycles. The van der Waals surface area contributed by atoms with Crippen LogP contribution < -0.4 is 0 Å². The van der Waals surface area contributed by atoms with E-state index in [2.05, 4.69) is 33.9 Å². The molecule has 0 spiro atoms. The molecule has 23 heavy (non-hydrogen) atoms. The molecule has 5 heteroatoms. The molecule has 0 saturated carbocycles. The molecule has 0 saturated heterocycles. The molecule has 0 aromatic heterocycles. The fraction of sp³-hybridized carbons (Fsp3) is 0.611. The van der Waals surface area contributed by atoms with Crippen molar-refractivity contribution in [3.63, 3.8) is 0 Å². The van der Waals surface area contributed by atoms with E-state index in [1.807, 2.05) is 6.92 Å². The molecule has 1 rings (SSSR count). The second kappa shape index (κ2) is 8.08. The van der Waals surface area contributed by atoms with Crippen LogP contribution in [0.5, 0.6) is 0 Å². The molecule has 0 aliphatic heterocycles. The fourth-order valence-corrected chi connectivity index (χ4v) is 2.82. The molecule has 1 aromatic rings. The first kappa shape index (κ1) is 19.9. The van der Waals surface area contributed by atoms with E-state index >= 15 is 0 Å². The van der Waals surface area contributed by atoms with E-state index in [9.17, 15) is 4.79 Å². The fourth-order valence-electron chi connectivity index (χ4n) is 1.76. The van der Waals surface area contributed by atoms with Gasteiger partial charge in [0.15, 0.2) is 8.32 Å². The van der Waals surface area contributed by atoms with Gasteiger partial charge < -0.3 is 14.3 Å². The van der Waals surface area contributed by atoms with Crippen molar-refractivity contribution in [2.75, 3.05) is 6.61 Å². The molecular formula is C18H30O4Si. The van der Waals surface area contributed by atoms with Gasteiger partial charge in [-0.05, 0) is 49.2 Å². The van der Waals surface area contributed by atoms with Gasteiger partial charge in [-0.3, -0.25) is 0 Å². The van der Waals surface area contributed by atoms with Gasteiger partial charge in [-0.1, -0.05) is 32.9 Å². The predicted molar refractivity (Wildman–Crippen MR) is 95.4 cm³/mol. The van der Waals surface area contributed by atoms with Gasteiger partial charge in [0, 0.05) is 6.61 Å². The summed E-state index contributed by atoms with van der Waals surface area (Å²) in [6.07, 6.45) is 0.971. The zero-order valence-corrected chi connectivity index (χ0v) is 16.2. The molecule has 4 nitrogen and oxygen atoms in total. The van der Waals surface area contributed by atoms with Crippen LogP contribution in [0.3, 0.4) is 0 Å². The zero-order chi connectivity index (χ0) is 17.7. The summed E-state index contributed by atoms with van der Waals surface area (Å²) in [6, 6.07) is 6.79. The first-order valence-electron chi connectivity index (χ1n) is 8.11. The highest BCUT2D eigenvalue weighted by atomic mass is 28.4. The van der Waals surface area contributed by atoms with Crippen LogP contribution in [0.2, 0.25) is 18.1 Å². The average Bonchev–Trinajstić information content (AvgIpc) is 2.44. The highest BCUT2D eigenvalue weighted by Crippen LogP contribution is 2.36. The molecule has 0 radical (unpaired) electrons. The predicted octanol–water partition coefficient (Wildman–Crippen LogP) is 4.70. The number of aromatic carboxylic acids is 1. The molecule has 0 heterocycles. The van der Waals surface area contributed by atoms with Gasteiger partial charge in [0.2, 0.25) is 0 Å². The van der Waals surface area contributed by atoms with E-state index in [-0.39, 0.29) is 11.1 Å². The van der Waals surface area contributed by atoms with Gasteiger partial charge in [-0.15, -0.1) is 0 Å². The Hall–Kier alpha value is -1.17. The Bertz CT molecular complexity index is 503. The zero-order valence-electron chi connectivity index (χ0n) is 15.2. The summed E-state index contributed by atoms with van der Waals surface area (Å²) in [6.45, 7) is 14.5. The van der Waals surface area contributed by atoms with Crippen LogP contribution >= 0.6 is 0 Å². The Morgan fingerprint density at radius 3 is 2.26 bits per heavy atom. The summed E-state index contributed by atoms with van der Waals surface area (Å²) in [5.41, 5.74) is 1.27. The van der Waals surface area contributed by atoms with Crippen LogP contribution in [0, 0.1) is 0 Å². The van der Waals surface area contributed by atoms with Crippen molar-refractivity contribution in [2.24, 2.45) is 0 Å². The molecule has 1 atom stereocenters. The molecule has 0 aliphatic carbocycles. The minimum atomic E-state index is -1.69. The van der Waals surface area contributed by atoms with E-state index in [1.165, 1.54) is 0 Å². The van der Waals surface area contributed by atoms with E-state index in [4.69, 9.17) is 14.3 Å². The van der Waals surface area contributed by atoms with E-state index < -0.39 is 14.3 Å². The summed E-state index contributed by atoms with van der Waals surface area (Å²) in [5, 5.41) is 9.10. The maximum absolute atomic E-state index is 10.8. The van der Waals surface area contributed by atoms with Gasteiger partial charge in [0.25, 0.3) is 0 Å². The Kier molecular flexibility index (Phi) is 6.98. The van der Waals surface area contributed by atoms with Crippen molar-refractivity contribution in [2.45, 2.75) is 65.0 Å². The number of carbonyl (C=O) groups is 1. The van der Waals surface area contributed by atoms with Crippen molar-refractivity contribution >= 4 is 14.3 Å². The number of rotatable bonds is 8. The summed E-state index contributed by atoms with van der Waals surface area (Å²) in [5.74, 6) is -0.909. The largest absolute Gasteiger partial charge is 0.478 e. The maximum Gasteiger partial charge on any atom is 0.335 e. The monoisotopic (exact) mass is 338 g/mol. The van der Waals surface area contributed by atoms with Gasteiger partial charge in [0.05, 0.1) is 18.3 Å². The van der Waals surface area contributed by atoms with Crippen molar-refractivity contribution < 1.29 is 19.1 Å². The lowest BCUT2D eigenvalue weighted by atomic mass is 10.1. The minimum absolute atomic E-state index is 0.110. The molecule has 1 N–H and O–H groups in total. The summed E-state index contributed by atoms with van der Waals surface area (Å²) < 4.78 is 12.0. The summed E-state index contributed by atoms with van der Waals surface area (Å²) in [4.78, 5) is 10.8. The minimum Gasteiger partial charge on any atom is -0.478 e. The van der Waals surface area contributed by atoms with Crippen molar-refractivity contribution in [1.82, 2.24) is 0 Å². The van der Waals surface area contributed by atoms with Gasteiger partial charge in [0.1, 0.15) is 0 Å². The summed E-state index contributed by atoms with van der Waals surface area (Å²) in [7, 11) is -1.69. The number of hydrogen-bond acceptors (Lipinski definition) is 3. The SMILES string of the molecule is CC(CCO[Si](C)(C)C(C)(C)C)OCc1ccc(C(=O)O)cc1. The van der Waals surface area contributed by atoms with Crippen LogP contribution in [-0.4, -0.2) is 32.1 Å². The quantitative estimate of drug-likeness (QED) is 0.698. The third-order valence-electron chi connectivity index (χ3n) is 4.53. The van der Waals surface area contributed by atoms with Gasteiger partial charge >= 0.3 is 5.97 Å². The van der Waals surface area contributed by atoms with E-state index in [1.54, 1.807) is 24.3 Å². The first-order chi connectivity index (χ1) is 10.5. The Balaban J connectivity index is 2.34. The van der Waals surface area contributed by atoms with Crippen LogP contribution in [0.1, 0.15) is 50.0 Å². The van der Waals surface area contributed by atoms with E-state index in [0.29, 0.717) is 12.2 Å². The lowest BCUT2D eigenvalue weighted by molar-refractivity contribution is 0.0374. The summed E-state index contributed by atoms with van der Waals surface area (Å²) >= 11 is 0. The number of carboxylic acid groups (broad SMARTS) is 1. The average molecular weight is 339 g/mol. The number of ether oxygens (including phenoxy) is 1. The van der Waals surface area contributed by atoms with Crippen LogP contribution in [-0.2, 0) is 15.8 Å². The Morgan fingerprint density at radius 2 is 1.78 bits per heavy atom. The van der Waals surface area contributed by atoms with Crippen LogP contribution in [0.15, 0.2) is 24.3 Å². The third-order valence-corrected chi connectivity index (χ3v) is 9.07. The molecule has 1 unspecified atom stereocenters. The molecule has 130 valence electrons. The second-order valence-corrected chi connectivity index (χ2v) is 12.3. The number of carboxylic acids is 1. The lowest BCUT2D eigenvalue weighted by Crippen LogP contribution is -2.41. The topological polar surface area (TPSA) is 55.8 Å². The Labute approximate surface area is 140 Å². The maximum atomic E-state index is 10.8. The first-order valence-corrected chi connectivity index (χ1v) is 11.0.